The molecule has 3 aromatic carbocycles. The lowest BCUT2D eigenvalue weighted by Crippen LogP contribution is -2.36. The van der Waals surface area contributed by atoms with Crippen LogP contribution in [0.1, 0.15) is 67.9 Å². The zero-order valence-electron chi connectivity index (χ0n) is 30.0. The van der Waals surface area contributed by atoms with Crippen molar-refractivity contribution in [2.24, 2.45) is 0 Å². The summed E-state index contributed by atoms with van der Waals surface area (Å²) in [4.78, 5) is 49.6. The Balaban J connectivity index is 1.18. The Bertz CT molecular complexity index is 2960. The first kappa shape index (κ1) is 40.7. The summed E-state index contributed by atoms with van der Waals surface area (Å²) in [6.07, 6.45) is 4.15. The maximum absolute atomic E-state index is 13.7. The standard InChI is InChI=1S/C35H30N8O13S3/c36-29-26(59(54,55)56)15-24(27-28(29)31(45)22-6-2-1-5-21(22)30(27)44)37-18-7-9-19(10-8-18)38-33-40-34(42-35(41-33)43-13-3-4-17(16-43)32(46)47)39-23-14-20(57(48,49)50)11-12-25(23)58(51,52)53/h1-6,11-16,18-19H,7-10H2,(H8-,36,37,38,39,40,41,42,44,45,46,47,48,49,50,51,52,53,54,55,56)/p+1. The van der Waals surface area contributed by atoms with E-state index in [0.29, 0.717) is 25.7 Å². The molecule has 2 aliphatic carbocycles. The number of pyridine rings is 1. The fourth-order valence-electron chi connectivity index (χ4n) is 6.85. The molecule has 1 fully saturated rings. The largest absolute Gasteiger partial charge is 0.478 e. The lowest BCUT2D eigenvalue weighted by molar-refractivity contribution is -0.603. The highest BCUT2D eigenvalue weighted by Crippen LogP contribution is 2.40. The van der Waals surface area contributed by atoms with Crippen LogP contribution in [0.5, 0.6) is 0 Å². The van der Waals surface area contributed by atoms with E-state index < -0.39 is 85.9 Å². The Kier molecular flexibility index (Phi) is 10.4. The maximum Gasteiger partial charge on any atom is 0.444 e. The van der Waals surface area contributed by atoms with E-state index in [-0.39, 0.29) is 51.4 Å². The number of carbonyl (C=O) groups is 3. The highest BCUT2D eigenvalue weighted by atomic mass is 32.2. The van der Waals surface area contributed by atoms with Crippen molar-refractivity contribution in [3.8, 4) is 5.95 Å². The number of nitrogen functional groups attached to an aromatic ring is 1. The van der Waals surface area contributed by atoms with E-state index in [0.717, 1.165) is 24.3 Å². The maximum atomic E-state index is 13.7. The molecule has 0 aliphatic heterocycles. The smallest absolute Gasteiger partial charge is 0.444 e. The molecule has 1 saturated carbocycles. The van der Waals surface area contributed by atoms with Crippen LogP contribution in [0.15, 0.2) is 87.7 Å². The van der Waals surface area contributed by atoms with Gasteiger partial charge in [0.25, 0.3) is 30.4 Å². The van der Waals surface area contributed by atoms with Gasteiger partial charge in [-0.15, -0.1) is 4.98 Å². The molecule has 24 heteroatoms. The molecule has 0 bridgehead atoms. The molecule has 59 heavy (non-hydrogen) atoms. The number of benzene rings is 3. The van der Waals surface area contributed by atoms with Gasteiger partial charge >= 0.3 is 23.8 Å². The predicted molar refractivity (Wildman–Crippen MR) is 205 cm³/mol. The van der Waals surface area contributed by atoms with Gasteiger partial charge in [-0.25, -0.2) is 9.36 Å². The van der Waals surface area contributed by atoms with Gasteiger partial charge in [-0.2, -0.15) is 25.3 Å². The summed E-state index contributed by atoms with van der Waals surface area (Å²) in [5.74, 6) is -3.24. The van der Waals surface area contributed by atoms with Crippen molar-refractivity contribution >= 4 is 76.8 Å². The number of nitrogens with one attached hydrogen (secondary N) is 3. The highest BCUT2D eigenvalue weighted by molar-refractivity contribution is 7.86. The zero-order valence-corrected chi connectivity index (χ0v) is 32.4. The van der Waals surface area contributed by atoms with Gasteiger partial charge in [0.05, 0.1) is 45.4 Å². The lowest BCUT2D eigenvalue weighted by Gasteiger charge is -2.31. The van der Waals surface area contributed by atoms with E-state index in [1.165, 1.54) is 41.2 Å². The van der Waals surface area contributed by atoms with E-state index in [2.05, 4.69) is 30.9 Å². The minimum atomic E-state index is -4.98. The summed E-state index contributed by atoms with van der Waals surface area (Å²) in [5, 5.41) is 18.4. The van der Waals surface area contributed by atoms with Crippen LogP contribution in [0.25, 0.3) is 5.95 Å². The first-order valence-corrected chi connectivity index (χ1v) is 21.5. The zero-order chi connectivity index (χ0) is 42.6. The van der Waals surface area contributed by atoms with Crippen molar-refractivity contribution in [2.75, 3.05) is 21.7 Å². The topological polar surface area (TPSA) is 339 Å². The third kappa shape index (κ3) is 8.30. The molecular weight excluding hydrogens is 837 g/mol. The number of ketones is 2. The number of carbonyl (C=O) groups excluding carboxylic acids is 2. The van der Waals surface area contributed by atoms with Crippen molar-refractivity contribution < 1.29 is 63.0 Å². The monoisotopic (exact) mass is 867 g/mol. The Morgan fingerprint density at radius 1 is 0.695 bits per heavy atom. The molecule has 9 N–H and O–H groups in total. The number of hydrogen-bond donors (Lipinski definition) is 8. The molecule has 7 rings (SSSR count). The number of aromatic carboxylic acids is 1. The molecule has 306 valence electrons. The van der Waals surface area contributed by atoms with E-state index in [1.807, 2.05) is 0 Å². The van der Waals surface area contributed by atoms with Gasteiger partial charge in [-0.05, 0) is 72.0 Å². The second-order valence-electron chi connectivity index (χ2n) is 13.4. The third-order valence-electron chi connectivity index (χ3n) is 9.57. The van der Waals surface area contributed by atoms with Gasteiger partial charge in [0.15, 0.2) is 11.6 Å². The van der Waals surface area contributed by atoms with Crippen molar-refractivity contribution in [3.63, 3.8) is 0 Å². The summed E-state index contributed by atoms with van der Waals surface area (Å²) in [7, 11) is -14.8. The molecule has 0 radical (unpaired) electrons. The van der Waals surface area contributed by atoms with Crippen LogP contribution in [0, 0.1) is 0 Å². The Morgan fingerprint density at radius 2 is 1.29 bits per heavy atom. The van der Waals surface area contributed by atoms with Crippen LogP contribution in [-0.4, -0.2) is 88.6 Å². The fourth-order valence-corrected chi connectivity index (χ4v) is 8.63. The summed E-state index contributed by atoms with van der Waals surface area (Å²) in [6, 6.07) is 11.2. The molecule has 0 unspecified atom stereocenters. The molecule has 2 aromatic heterocycles. The summed E-state index contributed by atoms with van der Waals surface area (Å²) in [5.41, 5.74) is 4.45. The van der Waals surface area contributed by atoms with Gasteiger partial charge in [0, 0.05) is 28.9 Å². The average molecular weight is 868 g/mol. The minimum Gasteiger partial charge on any atom is -0.478 e. The van der Waals surface area contributed by atoms with E-state index in [4.69, 9.17) is 5.73 Å². The summed E-state index contributed by atoms with van der Waals surface area (Å²) in [6.45, 7) is 0. The number of nitrogens with zero attached hydrogens (tertiary/aromatic N) is 4. The number of anilines is 5. The highest BCUT2D eigenvalue weighted by Gasteiger charge is 2.37. The molecule has 0 atom stereocenters. The van der Waals surface area contributed by atoms with Crippen molar-refractivity contribution in [3.05, 3.63) is 101 Å². The Labute approximate surface area is 334 Å². The predicted octanol–water partition coefficient (Wildman–Crippen LogP) is 2.52. The van der Waals surface area contributed by atoms with Crippen LogP contribution in [-0.2, 0) is 30.4 Å². The number of fused-ring (bicyclic) bond motifs is 2. The third-order valence-corrected chi connectivity index (χ3v) is 12.2. The number of carboxylic acids is 1. The first-order valence-electron chi connectivity index (χ1n) is 17.2. The quantitative estimate of drug-likeness (QED) is 0.0527. The number of aromatic nitrogens is 4. The van der Waals surface area contributed by atoms with Crippen LogP contribution in [0.3, 0.4) is 0 Å². The van der Waals surface area contributed by atoms with Crippen LogP contribution in [0.2, 0.25) is 0 Å². The van der Waals surface area contributed by atoms with E-state index in [1.54, 1.807) is 12.1 Å². The minimum absolute atomic E-state index is 0.0214. The van der Waals surface area contributed by atoms with Crippen LogP contribution < -0.4 is 26.3 Å². The molecule has 5 aromatic rings. The molecule has 2 heterocycles. The van der Waals surface area contributed by atoms with Gasteiger partial charge in [-0.1, -0.05) is 24.3 Å². The van der Waals surface area contributed by atoms with Crippen LogP contribution in [0.4, 0.5) is 29.0 Å². The Hall–Kier alpha value is -6.44. The lowest BCUT2D eigenvalue weighted by atomic mass is 9.82. The molecule has 0 saturated heterocycles. The van der Waals surface area contributed by atoms with Gasteiger partial charge in [0.1, 0.15) is 9.79 Å². The average Bonchev–Trinajstić information content (AvgIpc) is 3.17. The molecule has 0 amide bonds. The van der Waals surface area contributed by atoms with Crippen LogP contribution >= 0.6 is 0 Å². The number of rotatable bonds is 11. The van der Waals surface area contributed by atoms with Gasteiger partial charge < -0.3 is 26.8 Å². The number of nitrogens with two attached hydrogens (primary N) is 1. The first-order chi connectivity index (χ1) is 27.7. The summed E-state index contributed by atoms with van der Waals surface area (Å²) < 4.78 is 103. The van der Waals surface area contributed by atoms with E-state index in [9.17, 15) is 58.4 Å². The van der Waals surface area contributed by atoms with Crippen molar-refractivity contribution in [1.29, 1.82) is 0 Å². The SMILES string of the molecule is Nc1c(S(=O)(=O)O)cc(NC2CCC(Nc3nc(Nc4cc(S(=O)(=O)O)ccc4S(=O)(=O)O)nc(-[n+]4cccc(C(=O)O)c4)n3)CC2)c2c1C(=O)c1ccccc1C2=O. The molecule has 0 spiro atoms. The number of carboxylic acid groups (broad SMARTS) is 1. The Morgan fingerprint density at radius 3 is 1.88 bits per heavy atom. The second-order valence-corrected chi connectivity index (χ2v) is 17.6. The molecular formula is C35H31N8O13S3+. The second kappa shape index (κ2) is 15.1. The van der Waals surface area contributed by atoms with E-state index >= 15 is 0 Å². The molecule has 2 aliphatic rings. The van der Waals surface area contributed by atoms with Gasteiger partial charge in [-0.3, -0.25) is 23.2 Å². The summed E-state index contributed by atoms with van der Waals surface area (Å²) >= 11 is 0. The molecule has 21 nitrogen and oxygen atoms in total. The van der Waals surface area contributed by atoms with Crippen molar-refractivity contribution in [2.45, 2.75) is 52.5 Å². The fraction of sp³-hybridized carbons (Fsp3) is 0.171. The van der Waals surface area contributed by atoms with Gasteiger partial charge in [0.2, 0.25) is 0 Å². The number of hydrogen-bond acceptors (Lipinski definition) is 16. The normalized spacial score (nSPS) is 16.8. The van der Waals surface area contributed by atoms with Crippen molar-refractivity contribution in [1.82, 2.24) is 15.0 Å².